The Morgan fingerprint density at radius 1 is 1.16 bits per heavy atom. The fraction of sp³-hybridized carbons (Fsp3) is 0.424. The third-order valence-electron chi connectivity index (χ3n) is 7.60. The minimum Gasteiger partial charge on any atom is -0.388 e. The number of hydrogen-bond donors (Lipinski definition) is 5. The number of carbonyl (C=O) groups is 2. The Kier molecular flexibility index (Phi) is 10.9. The number of imidazole rings is 1. The van der Waals surface area contributed by atoms with Crippen LogP contribution in [0, 0.1) is 0 Å². The van der Waals surface area contributed by atoms with Crippen LogP contribution in [0.3, 0.4) is 0 Å². The number of aromatic nitrogens is 2. The van der Waals surface area contributed by atoms with E-state index >= 15 is 0 Å². The SMILES string of the molecule is CCC1C(=O)NC2=C(C=C(NCCCNC)CC2)c2nc3cc(C(=O)NCc4cccc(C(C)(F)F)c4)ccc3n21.CCN. The van der Waals surface area contributed by atoms with Crippen molar-refractivity contribution in [3.8, 4) is 0 Å². The zero-order chi connectivity index (χ0) is 31.9. The Bertz CT molecular complexity index is 1560. The average molecular weight is 608 g/mol. The molecule has 2 aromatic carbocycles. The molecule has 2 amide bonds. The maximum atomic E-state index is 13.7. The quantitative estimate of drug-likeness (QED) is 0.213. The lowest BCUT2D eigenvalue weighted by atomic mass is 10.00. The van der Waals surface area contributed by atoms with Gasteiger partial charge in [-0.25, -0.2) is 13.8 Å². The van der Waals surface area contributed by atoms with Crippen molar-refractivity contribution in [3.63, 3.8) is 0 Å². The summed E-state index contributed by atoms with van der Waals surface area (Å²) in [6, 6.07) is 10.8. The first kappa shape index (κ1) is 32.8. The molecular formula is C33H43F2N7O2. The number of hydrogen-bond acceptors (Lipinski definition) is 6. The molecule has 1 aliphatic carbocycles. The third kappa shape index (κ3) is 7.51. The fourth-order valence-corrected chi connectivity index (χ4v) is 5.41. The predicted molar refractivity (Wildman–Crippen MR) is 170 cm³/mol. The molecule has 9 nitrogen and oxygen atoms in total. The van der Waals surface area contributed by atoms with Gasteiger partial charge in [-0.05, 0) is 81.7 Å². The second-order valence-corrected chi connectivity index (χ2v) is 11.0. The summed E-state index contributed by atoms with van der Waals surface area (Å²) in [4.78, 5) is 31.2. The van der Waals surface area contributed by atoms with Crippen molar-refractivity contribution in [2.75, 3.05) is 26.7 Å². The first-order valence-electron chi connectivity index (χ1n) is 15.2. The van der Waals surface area contributed by atoms with Crippen molar-refractivity contribution in [2.45, 2.75) is 65.0 Å². The van der Waals surface area contributed by atoms with Gasteiger partial charge in [0, 0.05) is 48.1 Å². The van der Waals surface area contributed by atoms with E-state index in [9.17, 15) is 18.4 Å². The summed E-state index contributed by atoms with van der Waals surface area (Å²) in [6.45, 7) is 7.36. The van der Waals surface area contributed by atoms with Gasteiger partial charge in [-0.2, -0.15) is 0 Å². The largest absolute Gasteiger partial charge is 0.388 e. The monoisotopic (exact) mass is 607 g/mol. The number of amides is 2. The highest BCUT2D eigenvalue weighted by molar-refractivity contribution is 5.99. The Hall–Kier alpha value is -4.09. The number of nitrogens with two attached hydrogens (primary N) is 1. The van der Waals surface area contributed by atoms with Gasteiger partial charge in [0.2, 0.25) is 5.91 Å². The molecular weight excluding hydrogens is 564 g/mol. The van der Waals surface area contributed by atoms with Crippen LogP contribution >= 0.6 is 0 Å². The van der Waals surface area contributed by atoms with Crippen LogP contribution in [0.4, 0.5) is 8.78 Å². The lowest BCUT2D eigenvalue weighted by Crippen LogP contribution is -2.30. The van der Waals surface area contributed by atoms with Gasteiger partial charge in [-0.15, -0.1) is 0 Å². The molecule has 11 heteroatoms. The van der Waals surface area contributed by atoms with E-state index in [1.165, 1.54) is 12.1 Å². The Morgan fingerprint density at radius 3 is 2.64 bits per heavy atom. The molecule has 0 saturated carbocycles. The summed E-state index contributed by atoms with van der Waals surface area (Å²) in [5.74, 6) is -2.66. The number of allylic oxidation sites excluding steroid dienone is 4. The zero-order valence-corrected chi connectivity index (χ0v) is 25.9. The van der Waals surface area contributed by atoms with E-state index in [0.29, 0.717) is 35.3 Å². The number of alkyl halides is 2. The molecule has 0 radical (unpaired) electrons. The molecule has 5 rings (SSSR count). The first-order chi connectivity index (χ1) is 21.1. The molecule has 2 heterocycles. The third-order valence-corrected chi connectivity index (χ3v) is 7.60. The van der Waals surface area contributed by atoms with E-state index in [4.69, 9.17) is 10.7 Å². The summed E-state index contributed by atoms with van der Waals surface area (Å²) in [5.41, 5.74) is 9.97. The standard InChI is InChI=1S/C31H36F2N6O2.C2H7N/c1-4-26-30(41)38-24-11-10-22(35-14-6-13-34-3)17-23(24)28-37-25-16-20(9-12-27(25)39(26)28)29(40)36-18-19-7-5-8-21(15-19)31(2,32)33;1-2-3/h5,7-9,12,15-17,26,34-35H,4,6,10-11,13-14,18H2,1-3H3,(H,36,40)(H,38,41);2-3H2,1H3. The van der Waals surface area contributed by atoms with Crippen LogP contribution < -0.4 is 27.0 Å². The predicted octanol–water partition coefficient (Wildman–Crippen LogP) is 4.71. The molecule has 1 atom stereocenters. The highest BCUT2D eigenvalue weighted by Crippen LogP contribution is 2.36. The molecule has 0 saturated heterocycles. The number of fused-ring (bicyclic) bond motifs is 4. The van der Waals surface area contributed by atoms with Gasteiger partial charge >= 0.3 is 0 Å². The summed E-state index contributed by atoms with van der Waals surface area (Å²) in [7, 11) is 1.93. The summed E-state index contributed by atoms with van der Waals surface area (Å²) >= 11 is 0. The van der Waals surface area contributed by atoms with Crippen LogP contribution in [0.2, 0.25) is 0 Å². The normalized spacial score (nSPS) is 16.2. The second kappa shape index (κ2) is 14.6. The molecule has 1 aromatic heterocycles. The molecule has 6 N–H and O–H groups in total. The lowest BCUT2D eigenvalue weighted by Gasteiger charge is -2.20. The fourth-order valence-electron chi connectivity index (χ4n) is 5.41. The number of rotatable bonds is 10. The van der Waals surface area contributed by atoms with Crippen LogP contribution in [0.1, 0.15) is 79.8 Å². The molecule has 0 bridgehead atoms. The van der Waals surface area contributed by atoms with E-state index in [0.717, 1.165) is 61.9 Å². The number of carbonyl (C=O) groups excluding carboxylic acids is 2. The van der Waals surface area contributed by atoms with Crippen molar-refractivity contribution in [1.29, 1.82) is 0 Å². The maximum Gasteiger partial charge on any atom is 0.270 e. The van der Waals surface area contributed by atoms with Crippen LogP contribution in [0.25, 0.3) is 16.6 Å². The van der Waals surface area contributed by atoms with Gasteiger partial charge < -0.3 is 31.6 Å². The Labute approximate surface area is 257 Å². The number of nitrogens with zero attached hydrogens (tertiary/aromatic N) is 2. The van der Waals surface area contributed by atoms with Crippen molar-refractivity contribution in [3.05, 3.63) is 82.4 Å². The minimum atomic E-state index is -2.95. The van der Waals surface area contributed by atoms with Crippen molar-refractivity contribution >= 4 is 28.4 Å². The van der Waals surface area contributed by atoms with Gasteiger partial charge in [0.25, 0.3) is 11.8 Å². The molecule has 0 fully saturated rings. The van der Waals surface area contributed by atoms with E-state index in [-0.39, 0.29) is 23.9 Å². The zero-order valence-electron chi connectivity index (χ0n) is 25.9. The van der Waals surface area contributed by atoms with Crippen LogP contribution in [-0.2, 0) is 17.3 Å². The Balaban J connectivity index is 0.00000141. The van der Waals surface area contributed by atoms with Crippen LogP contribution in [-0.4, -0.2) is 48.0 Å². The van der Waals surface area contributed by atoms with E-state index in [2.05, 4.69) is 27.3 Å². The van der Waals surface area contributed by atoms with E-state index in [1.54, 1.807) is 24.3 Å². The van der Waals surface area contributed by atoms with Crippen LogP contribution in [0.5, 0.6) is 0 Å². The molecule has 236 valence electrons. The number of benzene rings is 2. The molecule has 3 aromatic rings. The highest BCUT2D eigenvalue weighted by Gasteiger charge is 2.32. The van der Waals surface area contributed by atoms with Gasteiger partial charge in [0.1, 0.15) is 11.9 Å². The van der Waals surface area contributed by atoms with Gasteiger partial charge in [0.15, 0.2) is 0 Å². The molecule has 1 aliphatic heterocycles. The molecule has 0 spiro atoms. The van der Waals surface area contributed by atoms with E-state index < -0.39 is 12.0 Å². The molecule has 2 aliphatic rings. The summed E-state index contributed by atoms with van der Waals surface area (Å²) in [6.07, 6.45) is 5.16. The summed E-state index contributed by atoms with van der Waals surface area (Å²) < 4.78 is 29.4. The molecule has 44 heavy (non-hydrogen) atoms. The van der Waals surface area contributed by atoms with Gasteiger partial charge in [0.05, 0.1) is 11.0 Å². The first-order valence-corrected chi connectivity index (χ1v) is 15.2. The summed E-state index contributed by atoms with van der Waals surface area (Å²) in [5, 5.41) is 12.6. The lowest BCUT2D eigenvalue weighted by molar-refractivity contribution is -0.123. The Morgan fingerprint density at radius 2 is 1.93 bits per heavy atom. The van der Waals surface area contributed by atoms with Crippen molar-refractivity contribution in [1.82, 2.24) is 30.8 Å². The maximum absolute atomic E-state index is 13.7. The average Bonchev–Trinajstić information content (AvgIpc) is 3.32. The topological polar surface area (TPSA) is 126 Å². The van der Waals surface area contributed by atoms with Crippen molar-refractivity contribution < 1.29 is 18.4 Å². The molecule has 1 unspecified atom stereocenters. The van der Waals surface area contributed by atoms with Gasteiger partial charge in [-0.3, -0.25) is 9.59 Å². The number of nitrogens with one attached hydrogen (secondary N) is 4. The van der Waals surface area contributed by atoms with Gasteiger partial charge in [-0.1, -0.05) is 32.0 Å². The van der Waals surface area contributed by atoms with Crippen molar-refractivity contribution in [2.24, 2.45) is 5.73 Å². The number of halogens is 2. The smallest absolute Gasteiger partial charge is 0.270 e. The minimum absolute atomic E-state index is 0.0708. The van der Waals surface area contributed by atoms with E-state index in [1.807, 2.05) is 31.5 Å². The van der Waals surface area contributed by atoms with Crippen LogP contribution in [0.15, 0.2) is 59.9 Å². The highest BCUT2D eigenvalue weighted by atomic mass is 19.3. The second-order valence-electron chi connectivity index (χ2n) is 11.0.